The first kappa shape index (κ1) is 14.9. The van der Waals surface area contributed by atoms with Crippen LogP contribution in [0.25, 0.3) is 0 Å². The van der Waals surface area contributed by atoms with Gasteiger partial charge in [-0.25, -0.2) is 4.79 Å². The number of benzene rings is 1. The van der Waals surface area contributed by atoms with E-state index in [1.807, 2.05) is 35.2 Å². The summed E-state index contributed by atoms with van der Waals surface area (Å²) >= 11 is 0. The Morgan fingerprint density at radius 1 is 1.35 bits per heavy atom. The molecule has 0 N–H and O–H groups in total. The highest BCUT2D eigenvalue weighted by Crippen LogP contribution is 2.20. The van der Waals surface area contributed by atoms with E-state index in [0.717, 1.165) is 38.0 Å². The third-order valence-corrected chi connectivity index (χ3v) is 3.73. The molecule has 0 aromatic heterocycles. The third kappa shape index (κ3) is 4.53. The Morgan fingerprint density at radius 3 is 2.80 bits per heavy atom. The number of hydrogen-bond acceptors (Lipinski definition) is 3. The zero-order chi connectivity index (χ0) is 14.4. The molecule has 1 atom stereocenters. The molecular weight excluding hydrogens is 252 g/mol. The lowest BCUT2D eigenvalue weighted by molar-refractivity contribution is 0.103. The smallest absolute Gasteiger partial charge is 0.410 e. The summed E-state index contributed by atoms with van der Waals surface area (Å²) in [5.74, 6) is 0.613. The molecule has 0 unspecified atom stereocenters. The summed E-state index contributed by atoms with van der Waals surface area (Å²) in [7, 11) is 4.17. The van der Waals surface area contributed by atoms with Gasteiger partial charge in [0.15, 0.2) is 0 Å². The molecule has 1 aromatic rings. The van der Waals surface area contributed by atoms with Crippen LogP contribution in [0, 0.1) is 5.92 Å². The van der Waals surface area contributed by atoms with Crippen molar-refractivity contribution < 1.29 is 9.53 Å². The van der Waals surface area contributed by atoms with Gasteiger partial charge in [0, 0.05) is 13.1 Å². The van der Waals surface area contributed by atoms with Crippen LogP contribution in [0.4, 0.5) is 4.79 Å². The average molecular weight is 276 g/mol. The van der Waals surface area contributed by atoms with Crippen molar-refractivity contribution in [1.29, 1.82) is 0 Å². The summed E-state index contributed by atoms with van der Waals surface area (Å²) in [6.07, 6.45) is 2.06. The van der Waals surface area contributed by atoms with Gasteiger partial charge in [0.2, 0.25) is 0 Å². The minimum atomic E-state index is -0.179. The van der Waals surface area contributed by atoms with Gasteiger partial charge in [0.05, 0.1) is 0 Å². The molecule has 4 heteroatoms. The number of likely N-dealkylation sites (tertiary alicyclic amines) is 1. The molecule has 110 valence electrons. The second-order valence-electron chi connectivity index (χ2n) is 5.73. The topological polar surface area (TPSA) is 32.8 Å². The highest BCUT2D eigenvalue weighted by atomic mass is 16.6. The Labute approximate surface area is 121 Å². The van der Waals surface area contributed by atoms with E-state index in [-0.39, 0.29) is 6.09 Å². The molecule has 1 heterocycles. The van der Waals surface area contributed by atoms with E-state index in [2.05, 4.69) is 19.0 Å². The van der Waals surface area contributed by atoms with Gasteiger partial charge in [0.1, 0.15) is 6.61 Å². The fourth-order valence-corrected chi connectivity index (χ4v) is 2.49. The van der Waals surface area contributed by atoms with Gasteiger partial charge in [-0.2, -0.15) is 0 Å². The molecule has 1 aliphatic heterocycles. The zero-order valence-corrected chi connectivity index (χ0v) is 12.4. The van der Waals surface area contributed by atoms with Gasteiger partial charge in [-0.15, -0.1) is 0 Å². The minimum Gasteiger partial charge on any atom is -0.445 e. The molecule has 1 aliphatic rings. The summed E-state index contributed by atoms with van der Waals surface area (Å²) in [6.45, 7) is 3.10. The maximum Gasteiger partial charge on any atom is 0.410 e. The Bertz CT molecular complexity index is 420. The highest BCUT2D eigenvalue weighted by Gasteiger charge is 2.26. The second kappa shape index (κ2) is 7.29. The Hall–Kier alpha value is -1.55. The average Bonchev–Trinajstić information content (AvgIpc) is 2.92. The van der Waals surface area contributed by atoms with Gasteiger partial charge in [0.25, 0.3) is 0 Å². The molecule has 1 fully saturated rings. The molecule has 20 heavy (non-hydrogen) atoms. The van der Waals surface area contributed by atoms with E-state index in [9.17, 15) is 4.79 Å². The molecule has 1 saturated heterocycles. The number of nitrogens with zero attached hydrogens (tertiary/aromatic N) is 2. The van der Waals surface area contributed by atoms with Crippen molar-refractivity contribution in [3.63, 3.8) is 0 Å². The predicted molar refractivity (Wildman–Crippen MR) is 79.5 cm³/mol. The first-order chi connectivity index (χ1) is 9.65. The maximum absolute atomic E-state index is 12.0. The van der Waals surface area contributed by atoms with Crippen molar-refractivity contribution in [2.75, 3.05) is 33.7 Å². The summed E-state index contributed by atoms with van der Waals surface area (Å²) in [6, 6.07) is 9.81. The van der Waals surface area contributed by atoms with Crippen LogP contribution in [0.3, 0.4) is 0 Å². The summed E-state index contributed by atoms with van der Waals surface area (Å²) in [5, 5.41) is 0. The SMILES string of the molecule is CN(C)CC[C@@H]1CCN(C(=O)OCc2ccccc2)C1. The molecule has 1 amide bonds. The Kier molecular flexibility index (Phi) is 5.41. The van der Waals surface area contributed by atoms with Crippen LogP contribution >= 0.6 is 0 Å². The first-order valence-electron chi connectivity index (χ1n) is 7.25. The third-order valence-electron chi connectivity index (χ3n) is 3.73. The Morgan fingerprint density at radius 2 is 2.10 bits per heavy atom. The largest absolute Gasteiger partial charge is 0.445 e. The van der Waals surface area contributed by atoms with Gasteiger partial charge in [-0.1, -0.05) is 30.3 Å². The fourth-order valence-electron chi connectivity index (χ4n) is 2.49. The van der Waals surface area contributed by atoms with Crippen LogP contribution in [-0.2, 0) is 11.3 Å². The van der Waals surface area contributed by atoms with Crippen molar-refractivity contribution in [2.45, 2.75) is 19.4 Å². The van der Waals surface area contributed by atoms with Crippen molar-refractivity contribution >= 4 is 6.09 Å². The summed E-state index contributed by atoms with van der Waals surface area (Å²) in [5.41, 5.74) is 1.03. The molecule has 0 radical (unpaired) electrons. The zero-order valence-electron chi connectivity index (χ0n) is 12.4. The maximum atomic E-state index is 12.0. The molecule has 2 rings (SSSR count). The van der Waals surface area contributed by atoms with Crippen LogP contribution in [0.2, 0.25) is 0 Å². The van der Waals surface area contributed by atoms with Gasteiger partial charge in [-0.3, -0.25) is 0 Å². The van der Waals surface area contributed by atoms with Gasteiger partial charge in [-0.05, 0) is 45.0 Å². The molecule has 0 bridgehead atoms. The number of carbonyl (C=O) groups excluding carboxylic acids is 1. The fraction of sp³-hybridized carbons (Fsp3) is 0.562. The van der Waals surface area contributed by atoms with Crippen molar-refractivity contribution in [3.05, 3.63) is 35.9 Å². The van der Waals surface area contributed by atoms with Crippen molar-refractivity contribution in [1.82, 2.24) is 9.80 Å². The summed E-state index contributed by atoms with van der Waals surface area (Å²) in [4.78, 5) is 16.0. The van der Waals surface area contributed by atoms with E-state index in [0.29, 0.717) is 12.5 Å². The molecular formula is C16H24N2O2. The van der Waals surface area contributed by atoms with Crippen LogP contribution in [0.5, 0.6) is 0 Å². The van der Waals surface area contributed by atoms with Crippen molar-refractivity contribution in [3.8, 4) is 0 Å². The molecule has 0 aliphatic carbocycles. The van der Waals surface area contributed by atoms with E-state index in [1.165, 1.54) is 0 Å². The number of amides is 1. The molecule has 1 aromatic carbocycles. The lowest BCUT2D eigenvalue weighted by Crippen LogP contribution is -2.29. The number of carbonyl (C=O) groups is 1. The quantitative estimate of drug-likeness (QED) is 0.828. The van der Waals surface area contributed by atoms with Gasteiger partial charge < -0.3 is 14.5 Å². The predicted octanol–water partition coefficient (Wildman–Crippen LogP) is 2.60. The number of hydrogen-bond donors (Lipinski definition) is 0. The minimum absolute atomic E-state index is 0.179. The lowest BCUT2D eigenvalue weighted by Gasteiger charge is -2.17. The molecule has 4 nitrogen and oxygen atoms in total. The second-order valence-corrected chi connectivity index (χ2v) is 5.73. The monoisotopic (exact) mass is 276 g/mol. The molecule has 0 saturated carbocycles. The van der Waals surface area contributed by atoms with E-state index in [4.69, 9.17) is 4.74 Å². The van der Waals surface area contributed by atoms with Crippen LogP contribution in [-0.4, -0.2) is 49.6 Å². The lowest BCUT2D eigenvalue weighted by atomic mass is 10.1. The number of ether oxygens (including phenoxy) is 1. The van der Waals surface area contributed by atoms with E-state index in [1.54, 1.807) is 0 Å². The van der Waals surface area contributed by atoms with Gasteiger partial charge >= 0.3 is 6.09 Å². The van der Waals surface area contributed by atoms with Crippen LogP contribution in [0.15, 0.2) is 30.3 Å². The number of rotatable bonds is 5. The normalized spacial score (nSPS) is 18.6. The van der Waals surface area contributed by atoms with Crippen molar-refractivity contribution in [2.24, 2.45) is 5.92 Å². The molecule has 0 spiro atoms. The summed E-state index contributed by atoms with van der Waals surface area (Å²) < 4.78 is 5.36. The standard InChI is InChI=1S/C16H24N2O2/c1-17(2)10-8-14-9-11-18(12-14)16(19)20-13-15-6-4-3-5-7-15/h3-7,14H,8-13H2,1-2H3/t14-/m1/s1. The first-order valence-corrected chi connectivity index (χ1v) is 7.25. The van der Waals surface area contributed by atoms with Crippen LogP contribution < -0.4 is 0 Å². The van der Waals surface area contributed by atoms with E-state index >= 15 is 0 Å². The Balaban J connectivity index is 1.71. The van der Waals surface area contributed by atoms with Crippen LogP contribution in [0.1, 0.15) is 18.4 Å². The van der Waals surface area contributed by atoms with E-state index < -0.39 is 0 Å². The highest BCUT2D eigenvalue weighted by molar-refractivity contribution is 5.68.